The maximum Gasteiger partial charge on any atom is 0.0860 e. The van der Waals surface area contributed by atoms with Gasteiger partial charge in [0.15, 0.2) is 0 Å². The highest BCUT2D eigenvalue weighted by Gasteiger charge is 2.22. The van der Waals surface area contributed by atoms with Gasteiger partial charge in [0.25, 0.3) is 0 Å². The van der Waals surface area contributed by atoms with E-state index in [4.69, 9.17) is 11.6 Å². The van der Waals surface area contributed by atoms with Gasteiger partial charge in [-0.05, 0) is 32.1 Å². The van der Waals surface area contributed by atoms with E-state index >= 15 is 0 Å². The summed E-state index contributed by atoms with van der Waals surface area (Å²) in [5, 5.41) is 8.89. The predicted octanol–water partition coefficient (Wildman–Crippen LogP) is 3.83. The van der Waals surface area contributed by atoms with Gasteiger partial charge in [-0.15, -0.1) is 0 Å². The molecule has 4 heteroatoms. The Kier molecular flexibility index (Phi) is 5.28. The van der Waals surface area contributed by atoms with Crippen molar-refractivity contribution in [2.45, 2.75) is 65.0 Å². The molecule has 1 aromatic rings. The van der Waals surface area contributed by atoms with Crippen molar-refractivity contribution in [2.75, 3.05) is 0 Å². The van der Waals surface area contributed by atoms with Crippen molar-refractivity contribution in [3.8, 4) is 0 Å². The molecular formula is C15H26ClN3. The van der Waals surface area contributed by atoms with Gasteiger partial charge in [0, 0.05) is 19.6 Å². The van der Waals surface area contributed by atoms with E-state index in [1.165, 1.54) is 38.5 Å². The third kappa shape index (κ3) is 3.51. The van der Waals surface area contributed by atoms with Crippen molar-refractivity contribution < 1.29 is 0 Å². The fourth-order valence-electron chi connectivity index (χ4n) is 3.28. The molecule has 0 aliphatic heterocycles. The van der Waals surface area contributed by atoms with Gasteiger partial charge in [0.1, 0.15) is 0 Å². The minimum Gasteiger partial charge on any atom is -0.308 e. The summed E-state index contributed by atoms with van der Waals surface area (Å²) in [4.78, 5) is 0. The quantitative estimate of drug-likeness (QED) is 0.890. The van der Waals surface area contributed by atoms with E-state index in [2.05, 4.69) is 17.3 Å². The van der Waals surface area contributed by atoms with Crippen LogP contribution in [0.15, 0.2) is 0 Å². The van der Waals surface area contributed by atoms with Gasteiger partial charge in [0.05, 0.1) is 16.4 Å². The van der Waals surface area contributed by atoms with Crippen LogP contribution in [0.2, 0.25) is 5.02 Å². The first-order valence-corrected chi connectivity index (χ1v) is 7.92. The highest BCUT2D eigenvalue weighted by atomic mass is 35.5. The first-order chi connectivity index (χ1) is 9.13. The van der Waals surface area contributed by atoms with Gasteiger partial charge < -0.3 is 5.32 Å². The standard InChI is InChI=1S/C15H26ClN3/c1-4-13(12-8-6-5-7-9-12)17-10-14-15(16)11(2)18-19(14)3/h12-13,17H,4-10H2,1-3H3. The van der Waals surface area contributed by atoms with E-state index in [1.807, 2.05) is 18.7 Å². The molecule has 1 unspecified atom stereocenters. The van der Waals surface area contributed by atoms with Gasteiger partial charge in [-0.3, -0.25) is 4.68 Å². The van der Waals surface area contributed by atoms with E-state index in [1.54, 1.807) is 0 Å². The summed E-state index contributed by atoms with van der Waals surface area (Å²) in [6.07, 6.45) is 8.16. The number of hydrogen-bond donors (Lipinski definition) is 1. The van der Waals surface area contributed by atoms with E-state index < -0.39 is 0 Å². The molecular weight excluding hydrogens is 258 g/mol. The summed E-state index contributed by atoms with van der Waals surface area (Å²) in [7, 11) is 1.97. The second-order valence-electron chi connectivity index (χ2n) is 5.76. The summed E-state index contributed by atoms with van der Waals surface area (Å²) in [6.45, 7) is 5.07. The van der Waals surface area contributed by atoms with Crippen molar-refractivity contribution in [2.24, 2.45) is 13.0 Å². The molecule has 1 atom stereocenters. The topological polar surface area (TPSA) is 29.9 Å². The number of aryl methyl sites for hydroxylation is 2. The number of nitrogens with one attached hydrogen (secondary N) is 1. The second kappa shape index (κ2) is 6.76. The highest BCUT2D eigenvalue weighted by Crippen LogP contribution is 2.28. The molecule has 0 radical (unpaired) electrons. The molecule has 1 aliphatic rings. The van der Waals surface area contributed by atoms with Crippen LogP contribution in [0.5, 0.6) is 0 Å². The molecule has 3 nitrogen and oxygen atoms in total. The minimum absolute atomic E-state index is 0.617. The van der Waals surface area contributed by atoms with E-state index in [0.29, 0.717) is 6.04 Å². The Morgan fingerprint density at radius 3 is 2.58 bits per heavy atom. The van der Waals surface area contributed by atoms with Gasteiger partial charge in [-0.1, -0.05) is 37.8 Å². The average molecular weight is 284 g/mol. The monoisotopic (exact) mass is 283 g/mol. The maximum atomic E-state index is 6.30. The molecule has 1 aliphatic carbocycles. The summed E-state index contributed by atoms with van der Waals surface area (Å²) >= 11 is 6.30. The fourth-order valence-corrected chi connectivity index (χ4v) is 3.51. The molecule has 0 amide bonds. The third-order valence-corrected chi connectivity index (χ3v) is 4.94. The number of halogens is 1. The number of nitrogens with zero attached hydrogens (tertiary/aromatic N) is 2. The first-order valence-electron chi connectivity index (χ1n) is 7.54. The molecule has 1 saturated carbocycles. The van der Waals surface area contributed by atoms with Crippen LogP contribution in [0.25, 0.3) is 0 Å². The lowest BCUT2D eigenvalue weighted by atomic mass is 9.83. The number of hydrogen-bond acceptors (Lipinski definition) is 2. The average Bonchev–Trinajstić information content (AvgIpc) is 2.66. The molecule has 1 N–H and O–H groups in total. The van der Waals surface area contributed by atoms with E-state index in [9.17, 15) is 0 Å². The van der Waals surface area contributed by atoms with Crippen LogP contribution in [0.1, 0.15) is 56.8 Å². The lowest BCUT2D eigenvalue weighted by Crippen LogP contribution is -2.36. The largest absolute Gasteiger partial charge is 0.308 e. The van der Waals surface area contributed by atoms with Crippen molar-refractivity contribution in [1.29, 1.82) is 0 Å². The minimum atomic E-state index is 0.617. The highest BCUT2D eigenvalue weighted by molar-refractivity contribution is 6.31. The zero-order valence-electron chi connectivity index (χ0n) is 12.4. The van der Waals surface area contributed by atoms with Gasteiger partial charge >= 0.3 is 0 Å². The Balaban J connectivity index is 1.95. The zero-order valence-corrected chi connectivity index (χ0v) is 13.1. The summed E-state index contributed by atoms with van der Waals surface area (Å²) < 4.78 is 1.90. The maximum absolute atomic E-state index is 6.30. The Hall–Kier alpha value is -0.540. The Morgan fingerprint density at radius 2 is 2.05 bits per heavy atom. The SMILES string of the molecule is CCC(NCc1c(Cl)c(C)nn1C)C1CCCCC1. The van der Waals surface area contributed by atoms with Crippen molar-refractivity contribution in [3.05, 3.63) is 16.4 Å². The van der Waals surface area contributed by atoms with Crippen LogP contribution in [0.3, 0.4) is 0 Å². The molecule has 108 valence electrons. The molecule has 0 spiro atoms. The molecule has 1 aromatic heterocycles. The smallest absolute Gasteiger partial charge is 0.0860 e. The van der Waals surface area contributed by atoms with Crippen molar-refractivity contribution >= 4 is 11.6 Å². The molecule has 2 rings (SSSR count). The normalized spacial score (nSPS) is 18.7. The van der Waals surface area contributed by atoms with Crippen LogP contribution < -0.4 is 5.32 Å². The Morgan fingerprint density at radius 1 is 1.37 bits per heavy atom. The van der Waals surface area contributed by atoms with Crippen molar-refractivity contribution in [1.82, 2.24) is 15.1 Å². The molecule has 1 heterocycles. The lowest BCUT2D eigenvalue weighted by molar-refractivity contribution is 0.260. The van der Waals surface area contributed by atoms with Crippen LogP contribution in [-0.2, 0) is 13.6 Å². The number of rotatable bonds is 5. The van der Waals surface area contributed by atoms with Crippen LogP contribution >= 0.6 is 11.6 Å². The molecule has 0 saturated heterocycles. The van der Waals surface area contributed by atoms with Gasteiger partial charge in [-0.2, -0.15) is 5.10 Å². The Bertz CT molecular complexity index is 408. The van der Waals surface area contributed by atoms with Crippen molar-refractivity contribution in [3.63, 3.8) is 0 Å². The number of aromatic nitrogens is 2. The van der Waals surface area contributed by atoms with Crippen LogP contribution in [0.4, 0.5) is 0 Å². The third-order valence-electron chi connectivity index (χ3n) is 4.45. The zero-order chi connectivity index (χ0) is 13.8. The molecule has 1 fully saturated rings. The predicted molar refractivity (Wildman–Crippen MR) is 80.4 cm³/mol. The van der Waals surface area contributed by atoms with Crippen LogP contribution in [0, 0.1) is 12.8 Å². The molecule has 19 heavy (non-hydrogen) atoms. The summed E-state index contributed by atoms with van der Waals surface area (Å²) in [5.74, 6) is 0.840. The second-order valence-corrected chi connectivity index (χ2v) is 6.14. The van der Waals surface area contributed by atoms with Crippen LogP contribution in [-0.4, -0.2) is 15.8 Å². The lowest BCUT2D eigenvalue weighted by Gasteiger charge is -2.30. The first kappa shape index (κ1) is 14.9. The van der Waals surface area contributed by atoms with E-state index in [-0.39, 0.29) is 0 Å². The Labute approximate surface area is 121 Å². The van der Waals surface area contributed by atoms with E-state index in [0.717, 1.165) is 28.9 Å². The van der Waals surface area contributed by atoms with Gasteiger partial charge in [0.2, 0.25) is 0 Å². The molecule has 0 aromatic carbocycles. The molecule has 0 bridgehead atoms. The summed E-state index contributed by atoms with van der Waals surface area (Å²) in [6, 6.07) is 0.617. The van der Waals surface area contributed by atoms with Gasteiger partial charge in [-0.25, -0.2) is 0 Å². The summed E-state index contributed by atoms with van der Waals surface area (Å²) in [5.41, 5.74) is 2.03. The fraction of sp³-hybridized carbons (Fsp3) is 0.800.